The van der Waals surface area contributed by atoms with Gasteiger partial charge in [0.25, 0.3) is 0 Å². The number of ether oxygens (including phenoxy) is 11. The lowest BCUT2D eigenvalue weighted by Gasteiger charge is -2.60. The Kier molecular flexibility index (Phi) is 13.4. The second-order valence-electron chi connectivity index (χ2n) is 23.4. The van der Waals surface area contributed by atoms with Crippen molar-refractivity contribution in [2.24, 2.45) is 5.92 Å². The van der Waals surface area contributed by atoms with E-state index in [0.717, 1.165) is 12.8 Å². The van der Waals surface area contributed by atoms with E-state index in [1.165, 1.54) is 13.8 Å². The molecule has 0 aliphatic carbocycles. The van der Waals surface area contributed by atoms with Crippen LogP contribution in [0.25, 0.3) is 0 Å². The second kappa shape index (κ2) is 18.4. The van der Waals surface area contributed by atoms with Crippen LogP contribution in [0, 0.1) is 5.92 Å². The van der Waals surface area contributed by atoms with Crippen molar-refractivity contribution in [2.45, 2.75) is 269 Å². The van der Waals surface area contributed by atoms with Crippen molar-refractivity contribution in [2.75, 3.05) is 6.61 Å². The first-order valence-electron chi connectivity index (χ1n) is 25.7. The van der Waals surface area contributed by atoms with E-state index in [9.17, 15) is 31.3 Å². The highest BCUT2D eigenvalue weighted by molar-refractivity contribution is 7.81. The zero-order chi connectivity index (χ0) is 50.4. The molecular formula is C48H72O21S2. The molecule has 0 aromatic heterocycles. The van der Waals surface area contributed by atoms with Crippen molar-refractivity contribution < 1.29 is 96.3 Å². The maximum Gasteiger partial charge on any atom is 0.397 e. The van der Waals surface area contributed by atoms with Crippen molar-refractivity contribution in [1.29, 1.82) is 0 Å². The summed E-state index contributed by atoms with van der Waals surface area (Å²) in [6.07, 6.45) is -3.68. The summed E-state index contributed by atoms with van der Waals surface area (Å²) in [7, 11) is -9.72. The first-order chi connectivity index (χ1) is 33.3. The highest BCUT2D eigenvalue weighted by Gasteiger charge is 2.65. The van der Waals surface area contributed by atoms with Gasteiger partial charge >= 0.3 is 20.8 Å². The summed E-state index contributed by atoms with van der Waals surface area (Å²) in [5, 5.41) is 12.1. The third-order valence-corrected chi connectivity index (χ3v) is 19.3. The third kappa shape index (κ3) is 9.67. The van der Waals surface area contributed by atoms with Crippen molar-refractivity contribution in [1.82, 2.24) is 0 Å². The molecule has 0 unspecified atom stereocenters. The number of ketones is 1. The van der Waals surface area contributed by atoms with Crippen molar-refractivity contribution in [3.05, 3.63) is 12.2 Å². The molecule has 11 aliphatic rings. The van der Waals surface area contributed by atoms with Gasteiger partial charge in [-0.05, 0) is 78.2 Å². The van der Waals surface area contributed by atoms with Crippen LogP contribution in [0.15, 0.2) is 12.2 Å². The Morgan fingerprint density at radius 3 is 1.83 bits per heavy atom. The molecule has 11 aliphatic heterocycles. The van der Waals surface area contributed by atoms with E-state index in [1.807, 2.05) is 6.92 Å². The van der Waals surface area contributed by atoms with Crippen molar-refractivity contribution in [3.63, 3.8) is 0 Å². The average Bonchev–Trinajstić information content (AvgIpc) is 3.39. The standard InChI is InChI=1S/C48H72O21S2/c1-22-8-10-46(5)38(62-35-18-36-43(65-42(22)35)44(50)48(7)40(63-36)20-32-33(67-48)14-23(2)41(64-32)24(3)49)21-37-47(6,69-46)11-9-25-26(61-37)15-28-27(58-25)16-29-30(59-28)17-34-31(60-29)19-39(68-71(54,55)56)45(4,66-34)12-13-57-70(51,52)53/h22,25-44,50H,2,8-21H2,1,3-7H3,(H,51,52,53)(H,54,55,56)/t22-,25-,26+,27+,28-,29-,30+,31+,32+,33-,34-,35-,36+,37-,38+,39-,40-,41+,42+,43+,44+,45+,46-,47+,48+/m0/s1. The van der Waals surface area contributed by atoms with E-state index in [-0.39, 0.29) is 85.6 Å². The first-order valence-corrected chi connectivity index (χ1v) is 28.4. The lowest BCUT2D eigenvalue weighted by Crippen LogP contribution is -2.73. The number of carbonyl (C=O) groups is 1. The van der Waals surface area contributed by atoms with Crippen LogP contribution in [0.5, 0.6) is 0 Å². The lowest BCUT2D eigenvalue weighted by molar-refractivity contribution is -0.367. The summed E-state index contributed by atoms with van der Waals surface area (Å²) >= 11 is 0. The summed E-state index contributed by atoms with van der Waals surface area (Å²) in [4.78, 5) is 12.4. The molecule has 0 aromatic rings. The highest BCUT2D eigenvalue weighted by Crippen LogP contribution is 2.53. The molecule has 23 heteroatoms. The molecule has 402 valence electrons. The van der Waals surface area contributed by atoms with Gasteiger partial charge in [-0.1, -0.05) is 13.5 Å². The van der Waals surface area contributed by atoms with Crippen LogP contribution >= 0.6 is 0 Å². The van der Waals surface area contributed by atoms with Crippen LogP contribution in [-0.4, -0.2) is 188 Å². The van der Waals surface area contributed by atoms with Gasteiger partial charge in [0.1, 0.15) is 30.0 Å². The number of aliphatic hydroxyl groups excluding tert-OH is 1. The molecule has 0 spiro atoms. The lowest BCUT2D eigenvalue weighted by atomic mass is 9.73. The summed E-state index contributed by atoms with van der Waals surface area (Å²) in [6, 6.07) is 0. The van der Waals surface area contributed by atoms with E-state index in [1.54, 1.807) is 0 Å². The van der Waals surface area contributed by atoms with Crippen LogP contribution in [0.2, 0.25) is 0 Å². The fourth-order valence-corrected chi connectivity index (χ4v) is 15.4. The molecule has 71 heavy (non-hydrogen) atoms. The zero-order valence-corrected chi connectivity index (χ0v) is 42.9. The maximum absolute atomic E-state index is 12.4. The quantitative estimate of drug-likeness (QED) is 0.244. The highest BCUT2D eigenvalue weighted by atomic mass is 32.3. The Hall–Kier alpha value is -1.33. The Bertz CT molecular complexity index is 2290. The molecule has 0 aromatic carbocycles. The van der Waals surface area contributed by atoms with Crippen LogP contribution in [-0.2, 0) is 86.1 Å². The largest absolute Gasteiger partial charge is 0.397 e. The number of carbonyl (C=O) groups excluding carboxylic acids is 1. The maximum atomic E-state index is 12.4. The predicted octanol–water partition coefficient (Wildman–Crippen LogP) is 3.21. The molecule has 25 atom stereocenters. The zero-order valence-electron chi connectivity index (χ0n) is 41.2. The van der Waals surface area contributed by atoms with Gasteiger partial charge in [0.05, 0.1) is 121 Å². The summed E-state index contributed by atoms with van der Waals surface area (Å²) in [5.41, 5.74) is -3.11. The molecule has 0 radical (unpaired) electrons. The molecule has 21 nitrogen and oxygen atoms in total. The Balaban J connectivity index is 0.758. The molecule has 11 rings (SSSR count). The van der Waals surface area contributed by atoms with Gasteiger partial charge in [-0.25, -0.2) is 8.37 Å². The number of fused-ring (bicyclic) bond motifs is 10. The van der Waals surface area contributed by atoms with Gasteiger partial charge in [-0.15, -0.1) is 0 Å². The van der Waals surface area contributed by atoms with Crippen LogP contribution in [0.1, 0.15) is 125 Å². The van der Waals surface area contributed by atoms with E-state index in [4.69, 9.17) is 60.8 Å². The van der Waals surface area contributed by atoms with E-state index in [0.29, 0.717) is 63.4 Å². The Morgan fingerprint density at radius 1 is 0.634 bits per heavy atom. The topological polar surface area (TPSA) is 266 Å². The molecular weight excluding hydrogens is 977 g/mol. The Morgan fingerprint density at radius 2 is 1.18 bits per heavy atom. The molecule has 0 bridgehead atoms. The van der Waals surface area contributed by atoms with Gasteiger partial charge in [0.2, 0.25) is 0 Å². The van der Waals surface area contributed by atoms with Gasteiger partial charge in [-0.3, -0.25) is 13.9 Å². The smallest absolute Gasteiger partial charge is 0.387 e. The van der Waals surface area contributed by atoms with Gasteiger partial charge < -0.3 is 57.2 Å². The minimum absolute atomic E-state index is 0.00602. The van der Waals surface area contributed by atoms with Gasteiger partial charge in [0.15, 0.2) is 5.78 Å². The molecule has 11 fully saturated rings. The van der Waals surface area contributed by atoms with E-state index in [2.05, 4.69) is 31.5 Å². The third-order valence-electron chi connectivity index (χ3n) is 18.4. The Labute approximate surface area is 415 Å². The van der Waals surface area contributed by atoms with E-state index >= 15 is 0 Å². The number of hydrogen-bond acceptors (Lipinski definition) is 19. The molecule has 0 saturated carbocycles. The molecule has 11 saturated heterocycles. The SMILES string of the molecule is C=C1C[C@@H]2O[C@]3(C)[C@H](C[C@H]2O[C@H]1C(C)=O)O[C@@H]1C[C@@H]2O[C@@H]4C[C@@H]5O[C@@H]6C[C@@H]7O[C@@H]8C[C@@H]9O[C@](C)(CCOS(=O)(=O)O)[C@@H](OS(=O)(=O)O)C[C@H]9O[C@H]8C[C@H]7O[C@H]6CC[C@@]5(C)O[C@@]4(C)CC[C@H](C)[C@H]2O[C@H]1[C@H]3O. The predicted molar refractivity (Wildman–Crippen MR) is 243 cm³/mol. The number of hydrogen-bond donors (Lipinski definition) is 3. The minimum atomic E-state index is -4.94. The second-order valence-corrected chi connectivity index (χ2v) is 25.6. The fraction of sp³-hybridized carbons (Fsp3) is 0.938. The number of aliphatic hydroxyl groups is 1. The van der Waals surface area contributed by atoms with Crippen LogP contribution in [0.3, 0.4) is 0 Å². The van der Waals surface area contributed by atoms with E-state index < -0.39 is 111 Å². The summed E-state index contributed by atoms with van der Waals surface area (Å²) < 4.78 is 150. The molecule has 11 heterocycles. The minimum Gasteiger partial charge on any atom is -0.387 e. The van der Waals surface area contributed by atoms with Crippen molar-refractivity contribution >= 4 is 26.6 Å². The molecule has 0 amide bonds. The normalized spacial score (nSPS) is 53.9. The van der Waals surface area contributed by atoms with Gasteiger partial charge in [0, 0.05) is 51.4 Å². The summed E-state index contributed by atoms with van der Waals surface area (Å²) in [6.45, 7) is 15.0. The molecule has 3 N–H and O–H groups in total. The average molecular weight is 1050 g/mol. The van der Waals surface area contributed by atoms with Crippen LogP contribution in [0.4, 0.5) is 0 Å². The van der Waals surface area contributed by atoms with Gasteiger partial charge in [-0.2, -0.15) is 16.8 Å². The summed E-state index contributed by atoms with van der Waals surface area (Å²) in [5.74, 6) is -0.0172. The fourth-order valence-electron chi connectivity index (χ4n) is 14.5. The number of rotatable bonds is 7. The van der Waals surface area contributed by atoms with Crippen LogP contribution < -0.4 is 0 Å². The van der Waals surface area contributed by atoms with Crippen molar-refractivity contribution in [3.8, 4) is 0 Å². The monoisotopic (exact) mass is 1050 g/mol. The number of Topliss-reactive ketones (excluding diaryl/α,β-unsaturated/α-hetero) is 1. The first kappa shape index (κ1) is 51.8.